The molecule has 0 N–H and O–H groups in total. The van der Waals surface area contributed by atoms with Gasteiger partial charge in [0.1, 0.15) is 6.10 Å². The van der Waals surface area contributed by atoms with Crippen molar-refractivity contribution in [2.45, 2.75) is 38.8 Å². The first-order valence-electron chi connectivity index (χ1n) is 4.74. The Kier molecular flexibility index (Phi) is 3.60. The van der Waals surface area contributed by atoms with E-state index in [1.807, 2.05) is 0 Å². The summed E-state index contributed by atoms with van der Waals surface area (Å²) in [7, 11) is 0. The normalized spacial score (nSPS) is 21.2. The highest BCUT2D eigenvalue weighted by atomic mass is 16.5. The molecule has 0 atom stereocenters. The number of hydrogen-bond acceptors (Lipinski definition) is 2. The molecule has 2 nitrogen and oxygen atoms in total. The lowest BCUT2D eigenvalue weighted by atomic mass is 10.1. The van der Waals surface area contributed by atoms with Crippen LogP contribution in [0.2, 0.25) is 0 Å². The van der Waals surface area contributed by atoms with Crippen molar-refractivity contribution in [2.75, 3.05) is 13.1 Å². The lowest BCUT2D eigenvalue weighted by Gasteiger charge is -2.33. The molecule has 0 aromatic rings. The summed E-state index contributed by atoms with van der Waals surface area (Å²) in [5, 5.41) is 0. The van der Waals surface area contributed by atoms with Gasteiger partial charge < -0.3 is 9.64 Å². The first-order valence-corrected chi connectivity index (χ1v) is 4.74. The molecule has 12 heavy (non-hydrogen) atoms. The van der Waals surface area contributed by atoms with Crippen LogP contribution >= 0.6 is 0 Å². The van der Waals surface area contributed by atoms with Gasteiger partial charge in [0, 0.05) is 19.1 Å². The molecule has 0 radical (unpaired) electrons. The summed E-state index contributed by atoms with van der Waals surface area (Å²) in [6.07, 6.45) is 4.27. The molecule has 1 heterocycles. The Labute approximate surface area is 75.2 Å². The average molecular weight is 169 g/mol. The number of ether oxygens (including phenoxy) is 1. The van der Waals surface area contributed by atoms with Crippen molar-refractivity contribution < 1.29 is 4.74 Å². The third-order valence-electron chi connectivity index (χ3n) is 2.50. The Hall–Kier alpha value is -0.500. The monoisotopic (exact) mass is 169 g/mol. The van der Waals surface area contributed by atoms with E-state index < -0.39 is 0 Å². The second-order valence-electron chi connectivity index (χ2n) is 3.63. The van der Waals surface area contributed by atoms with Crippen molar-refractivity contribution in [1.82, 2.24) is 4.90 Å². The summed E-state index contributed by atoms with van der Waals surface area (Å²) < 4.78 is 5.35. The largest absolute Gasteiger partial charge is 0.499 e. The van der Waals surface area contributed by atoms with Crippen molar-refractivity contribution in [3.63, 3.8) is 0 Å². The molecule has 0 aromatic heterocycles. The summed E-state index contributed by atoms with van der Waals surface area (Å²) >= 11 is 0. The van der Waals surface area contributed by atoms with E-state index in [1.165, 1.54) is 0 Å². The van der Waals surface area contributed by atoms with Crippen molar-refractivity contribution >= 4 is 0 Å². The Balaban J connectivity index is 2.24. The molecule has 0 bridgehead atoms. The summed E-state index contributed by atoms with van der Waals surface area (Å²) in [6.45, 7) is 10.4. The third kappa shape index (κ3) is 2.52. The van der Waals surface area contributed by atoms with Crippen LogP contribution in [0.3, 0.4) is 0 Å². The van der Waals surface area contributed by atoms with Crippen LogP contribution in [0.4, 0.5) is 0 Å². The molecule has 0 aliphatic carbocycles. The zero-order chi connectivity index (χ0) is 8.97. The maximum absolute atomic E-state index is 5.35. The van der Waals surface area contributed by atoms with Gasteiger partial charge in [0.15, 0.2) is 0 Å². The van der Waals surface area contributed by atoms with Crippen LogP contribution < -0.4 is 0 Å². The summed E-state index contributed by atoms with van der Waals surface area (Å²) in [6, 6.07) is 0.676. The van der Waals surface area contributed by atoms with Gasteiger partial charge in [-0.05, 0) is 26.7 Å². The smallest absolute Gasteiger partial charge is 0.100 e. The second-order valence-corrected chi connectivity index (χ2v) is 3.63. The minimum Gasteiger partial charge on any atom is -0.499 e. The van der Waals surface area contributed by atoms with Crippen molar-refractivity contribution in [2.24, 2.45) is 0 Å². The van der Waals surface area contributed by atoms with Gasteiger partial charge in [0.05, 0.1) is 6.26 Å². The van der Waals surface area contributed by atoms with E-state index in [9.17, 15) is 0 Å². The highest BCUT2D eigenvalue weighted by Gasteiger charge is 2.20. The first kappa shape index (κ1) is 9.59. The Morgan fingerprint density at radius 3 is 2.42 bits per heavy atom. The molecule has 0 amide bonds. The molecule has 0 spiro atoms. The minimum absolute atomic E-state index is 0.414. The van der Waals surface area contributed by atoms with Crippen LogP contribution in [0.5, 0.6) is 0 Å². The maximum Gasteiger partial charge on any atom is 0.100 e. The molecule has 1 rings (SSSR count). The number of hydrogen-bond donors (Lipinski definition) is 0. The van der Waals surface area contributed by atoms with Gasteiger partial charge in [-0.1, -0.05) is 6.58 Å². The topological polar surface area (TPSA) is 12.5 Å². The molecule has 0 saturated carbocycles. The lowest BCUT2D eigenvalue weighted by Crippen LogP contribution is -2.40. The molecular weight excluding hydrogens is 150 g/mol. The highest BCUT2D eigenvalue weighted by molar-refractivity contribution is 4.75. The van der Waals surface area contributed by atoms with E-state index in [0.717, 1.165) is 25.9 Å². The summed E-state index contributed by atoms with van der Waals surface area (Å²) in [5.74, 6) is 0. The molecule has 1 fully saturated rings. The molecule has 70 valence electrons. The van der Waals surface area contributed by atoms with Crippen molar-refractivity contribution in [3.8, 4) is 0 Å². The number of likely N-dealkylation sites (tertiary alicyclic amines) is 1. The summed E-state index contributed by atoms with van der Waals surface area (Å²) in [5.41, 5.74) is 0. The van der Waals surface area contributed by atoms with Gasteiger partial charge in [-0.3, -0.25) is 0 Å². The van der Waals surface area contributed by atoms with Crippen molar-refractivity contribution in [1.29, 1.82) is 0 Å². The van der Waals surface area contributed by atoms with Crippen LogP contribution in [-0.2, 0) is 4.74 Å². The second kappa shape index (κ2) is 4.51. The van der Waals surface area contributed by atoms with Gasteiger partial charge in [-0.2, -0.15) is 0 Å². The van der Waals surface area contributed by atoms with E-state index in [0.29, 0.717) is 12.1 Å². The zero-order valence-electron chi connectivity index (χ0n) is 8.12. The van der Waals surface area contributed by atoms with E-state index in [2.05, 4.69) is 25.3 Å². The standard InChI is InChI=1S/C10H19NO/c1-4-12-10-5-7-11(8-6-10)9(2)3/h4,9-10H,1,5-8H2,2-3H3. The van der Waals surface area contributed by atoms with Gasteiger partial charge >= 0.3 is 0 Å². The van der Waals surface area contributed by atoms with Crippen LogP contribution in [0.25, 0.3) is 0 Å². The quantitative estimate of drug-likeness (QED) is 0.599. The predicted octanol–water partition coefficient (Wildman–Crippen LogP) is 2.02. The van der Waals surface area contributed by atoms with Crippen LogP contribution in [-0.4, -0.2) is 30.1 Å². The van der Waals surface area contributed by atoms with E-state index in [1.54, 1.807) is 6.26 Å². The molecule has 1 aliphatic rings. The molecule has 2 heteroatoms. The van der Waals surface area contributed by atoms with E-state index >= 15 is 0 Å². The Bertz CT molecular complexity index is 137. The fourth-order valence-electron chi connectivity index (χ4n) is 1.66. The van der Waals surface area contributed by atoms with Crippen LogP contribution in [0, 0.1) is 0 Å². The first-order chi connectivity index (χ1) is 5.74. The number of rotatable bonds is 3. The van der Waals surface area contributed by atoms with Crippen LogP contribution in [0.15, 0.2) is 12.8 Å². The number of nitrogens with zero attached hydrogens (tertiary/aromatic N) is 1. The predicted molar refractivity (Wildman–Crippen MR) is 51.0 cm³/mol. The maximum atomic E-state index is 5.35. The molecule has 0 aromatic carbocycles. The number of piperidine rings is 1. The molecule has 1 saturated heterocycles. The third-order valence-corrected chi connectivity index (χ3v) is 2.50. The van der Waals surface area contributed by atoms with E-state index in [4.69, 9.17) is 4.74 Å². The summed E-state index contributed by atoms with van der Waals surface area (Å²) in [4.78, 5) is 2.49. The van der Waals surface area contributed by atoms with Gasteiger partial charge in [-0.25, -0.2) is 0 Å². The SMILES string of the molecule is C=COC1CCN(C(C)C)CC1. The van der Waals surface area contributed by atoms with E-state index in [-0.39, 0.29) is 0 Å². The van der Waals surface area contributed by atoms with Crippen LogP contribution in [0.1, 0.15) is 26.7 Å². The van der Waals surface area contributed by atoms with Gasteiger partial charge in [0.25, 0.3) is 0 Å². The molecule has 0 unspecified atom stereocenters. The molecular formula is C10H19NO. The lowest BCUT2D eigenvalue weighted by molar-refractivity contribution is 0.0559. The fourth-order valence-corrected chi connectivity index (χ4v) is 1.66. The fraction of sp³-hybridized carbons (Fsp3) is 0.800. The van der Waals surface area contributed by atoms with Crippen molar-refractivity contribution in [3.05, 3.63) is 12.8 Å². The Morgan fingerprint density at radius 1 is 1.42 bits per heavy atom. The Morgan fingerprint density at radius 2 is 2.00 bits per heavy atom. The molecule has 1 aliphatic heterocycles. The average Bonchev–Trinajstić information content (AvgIpc) is 2.06. The zero-order valence-corrected chi connectivity index (χ0v) is 8.12. The minimum atomic E-state index is 0.414. The van der Waals surface area contributed by atoms with Gasteiger partial charge in [0.2, 0.25) is 0 Å². The highest BCUT2D eigenvalue weighted by Crippen LogP contribution is 2.15. The van der Waals surface area contributed by atoms with Gasteiger partial charge in [-0.15, -0.1) is 0 Å².